The van der Waals surface area contributed by atoms with Crippen LogP contribution in [-0.2, 0) is 24.9 Å². The molecule has 0 radical (unpaired) electrons. The summed E-state index contributed by atoms with van der Waals surface area (Å²) in [6.45, 7) is 4.34. The van der Waals surface area contributed by atoms with E-state index in [-0.39, 0.29) is 23.6 Å². The van der Waals surface area contributed by atoms with Gasteiger partial charge in [0, 0.05) is 42.6 Å². The Hall–Kier alpha value is -4.88. The number of aryl methyl sites for hydroxylation is 1. The monoisotopic (exact) mass is 592 g/mol. The Balaban J connectivity index is 1.25. The van der Waals surface area contributed by atoms with Crippen LogP contribution in [0, 0.1) is 5.92 Å². The van der Waals surface area contributed by atoms with E-state index < -0.39 is 0 Å². The molecule has 43 heavy (non-hydrogen) atoms. The highest BCUT2D eigenvalue weighted by molar-refractivity contribution is 6.34. The normalized spacial score (nSPS) is 11.0. The zero-order chi connectivity index (χ0) is 30.5. The van der Waals surface area contributed by atoms with Crippen LogP contribution in [0.2, 0.25) is 5.02 Å². The molecule has 7 nitrogen and oxygen atoms in total. The van der Waals surface area contributed by atoms with E-state index in [2.05, 4.69) is 40.2 Å². The molecule has 3 N–H and O–H groups in total. The van der Waals surface area contributed by atoms with Gasteiger partial charge in [-0.2, -0.15) is 0 Å². The van der Waals surface area contributed by atoms with Crippen molar-refractivity contribution in [2.24, 2.45) is 13.0 Å². The first-order chi connectivity index (χ1) is 20.7. The predicted octanol–water partition coefficient (Wildman–Crippen LogP) is 6.95. The second-order valence-corrected chi connectivity index (χ2v) is 11.2. The van der Waals surface area contributed by atoms with Crippen molar-refractivity contribution in [1.29, 1.82) is 0 Å². The van der Waals surface area contributed by atoms with Gasteiger partial charge in [-0.05, 0) is 58.7 Å². The molecule has 0 spiro atoms. The number of amides is 3. The Labute approximate surface area is 255 Å². The van der Waals surface area contributed by atoms with Gasteiger partial charge >= 0.3 is 0 Å². The molecule has 0 bridgehead atoms. The molecular weight excluding hydrogens is 560 g/mol. The quantitative estimate of drug-likeness (QED) is 0.173. The number of benzene rings is 4. The summed E-state index contributed by atoms with van der Waals surface area (Å²) in [6.07, 6.45) is 0. The van der Waals surface area contributed by atoms with Crippen molar-refractivity contribution >= 4 is 45.9 Å². The van der Waals surface area contributed by atoms with Crippen molar-refractivity contribution in [1.82, 2.24) is 15.2 Å². The molecule has 1 aromatic heterocycles. The van der Waals surface area contributed by atoms with Crippen molar-refractivity contribution in [3.8, 4) is 11.1 Å². The summed E-state index contributed by atoms with van der Waals surface area (Å²) in [6, 6.07) is 30.7. The summed E-state index contributed by atoms with van der Waals surface area (Å²) >= 11 is 6.34. The number of fused-ring (bicyclic) bond motifs is 1. The van der Waals surface area contributed by atoms with Gasteiger partial charge in [0.2, 0.25) is 5.91 Å². The Morgan fingerprint density at radius 2 is 1.42 bits per heavy atom. The number of rotatable bonds is 9. The number of hydrogen-bond acceptors (Lipinski definition) is 3. The molecule has 1 heterocycles. The van der Waals surface area contributed by atoms with Crippen LogP contribution < -0.4 is 16.0 Å². The van der Waals surface area contributed by atoms with Gasteiger partial charge in [-0.3, -0.25) is 14.4 Å². The standard InChI is InChI=1S/C35H33ClN4O3/c1-22(2)33(41)37-21-24-11-15-30(36)29(17-24)34(42)39-28-14-16-31-27(18-28)19-32(40(31)3)35(43)38-20-23-9-12-26(13-10-23)25-7-5-4-6-8-25/h4-19,22H,20-21H2,1-3H3,(H,37,41)(H,38,43)(H,39,42). The number of carbonyl (C=O) groups is 3. The van der Waals surface area contributed by atoms with Crippen molar-refractivity contribution in [2.45, 2.75) is 26.9 Å². The van der Waals surface area contributed by atoms with Crippen LogP contribution in [-0.4, -0.2) is 22.3 Å². The maximum absolute atomic E-state index is 13.1. The minimum absolute atomic E-state index is 0.0670. The first-order valence-corrected chi connectivity index (χ1v) is 14.5. The summed E-state index contributed by atoms with van der Waals surface area (Å²) in [5.74, 6) is -0.757. The largest absolute Gasteiger partial charge is 0.352 e. The Kier molecular flexibility index (Phi) is 8.93. The smallest absolute Gasteiger partial charge is 0.268 e. The minimum Gasteiger partial charge on any atom is -0.352 e. The fraction of sp³-hybridized carbons (Fsp3) is 0.171. The van der Waals surface area contributed by atoms with E-state index >= 15 is 0 Å². The van der Waals surface area contributed by atoms with Crippen molar-refractivity contribution in [3.63, 3.8) is 0 Å². The third kappa shape index (κ3) is 6.96. The van der Waals surface area contributed by atoms with E-state index in [1.54, 1.807) is 24.3 Å². The summed E-state index contributed by atoms with van der Waals surface area (Å²) in [4.78, 5) is 38.2. The van der Waals surface area contributed by atoms with E-state index in [0.29, 0.717) is 35.1 Å². The highest BCUT2D eigenvalue weighted by atomic mass is 35.5. The number of aromatic nitrogens is 1. The van der Waals surface area contributed by atoms with E-state index in [9.17, 15) is 14.4 Å². The van der Waals surface area contributed by atoms with E-state index in [1.807, 2.05) is 74.0 Å². The molecule has 0 saturated heterocycles. The molecule has 218 valence electrons. The average Bonchev–Trinajstić information content (AvgIpc) is 3.35. The van der Waals surface area contributed by atoms with E-state index in [1.165, 1.54) is 0 Å². The molecule has 5 rings (SSSR count). The van der Waals surface area contributed by atoms with E-state index in [4.69, 9.17) is 11.6 Å². The SMILES string of the molecule is CC(C)C(=O)NCc1ccc(Cl)c(C(=O)Nc2ccc3c(c2)cc(C(=O)NCc2ccc(-c4ccccc4)cc2)n3C)c1. The van der Waals surface area contributed by atoms with Crippen LogP contribution in [0.4, 0.5) is 5.69 Å². The summed E-state index contributed by atoms with van der Waals surface area (Å²) in [5, 5.41) is 9.88. The highest BCUT2D eigenvalue weighted by Crippen LogP contribution is 2.25. The lowest BCUT2D eigenvalue weighted by atomic mass is 10.0. The average molecular weight is 593 g/mol. The Morgan fingerprint density at radius 3 is 2.14 bits per heavy atom. The van der Waals surface area contributed by atoms with Crippen LogP contribution in [0.15, 0.2) is 97.1 Å². The van der Waals surface area contributed by atoms with Gasteiger partial charge in [0.25, 0.3) is 11.8 Å². The van der Waals surface area contributed by atoms with Crippen molar-refractivity contribution in [3.05, 3.63) is 124 Å². The molecule has 0 saturated carbocycles. The number of anilines is 1. The van der Waals surface area contributed by atoms with Crippen LogP contribution in [0.25, 0.3) is 22.0 Å². The van der Waals surface area contributed by atoms with Gasteiger partial charge in [-0.1, -0.05) is 86.1 Å². The lowest BCUT2D eigenvalue weighted by molar-refractivity contribution is -0.124. The fourth-order valence-electron chi connectivity index (χ4n) is 4.81. The third-order valence-electron chi connectivity index (χ3n) is 7.31. The second-order valence-electron chi connectivity index (χ2n) is 10.7. The molecule has 0 fully saturated rings. The molecule has 5 aromatic rings. The number of halogens is 1. The lowest BCUT2D eigenvalue weighted by Crippen LogP contribution is -2.27. The lowest BCUT2D eigenvalue weighted by Gasteiger charge is -2.11. The van der Waals surface area contributed by atoms with Gasteiger partial charge in [-0.25, -0.2) is 0 Å². The maximum Gasteiger partial charge on any atom is 0.268 e. The molecular formula is C35H33ClN4O3. The summed E-state index contributed by atoms with van der Waals surface area (Å²) < 4.78 is 1.83. The first kappa shape index (κ1) is 29.6. The second kappa shape index (κ2) is 13.0. The first-order valence-electron chi connectivity index (χ1n) is 14.1. The van der Waals surface area contributed by atoms with E-state index in [0.717, 1.165) is 33.2 Å². The number of nitrogens with one attached hydrogen (secondary N) is 3. The van der Waals surface area contributed by atoms with Crippen molar-refractivity contribution in [2.75, 3.05) is 5.32 Å². The van der Waals surface area contributed by atoms with Crippen LogP contribution in [0.1, 0.15) is 45.8 Å². The summed E-state index contributed by atoms with van der Waals surface area (Å²) in [5.41, 5.74) is 6.29. The molecule has 4 aromatic carbocycles. The molecule has 0 unspecified atom stereocenters. The van der Waals surface area contributed by atoms with Crippen LogP contribution in [0.5, 0.6) is 0 Å². The topological polar surface area (TPSA) is 92.2 Å². The predicted molar refractivity (Wildman–Crippen MR) is 172 cm³/mol. The van der Waals surface area contributed by atoms with Gasteiger partial charge in [0.1, 0.15) is 5.69 Å². The van der Waals surface area contributed by atoms with Gasteiger partial charge in [0.05, 0.1) is 10.6 Å². The number of hydrogen-bond donors (Lipinski definition) is 3. The summed E-state index contributed by atoms with van der Waals surface area (Å²) in [7, 11) is 1.84. The highest BCUT2D eigenvalue weighted by Gasteiger charge is 2.16. The fourth-order valence-corrected chi connectivity index (χ4v) is 5.02. The molecule has 8 heteroatoms. The molecule has 0 aliphatic carbocycles. The third-order valence-corrected chi connectivity index (χ3v) is 7.64. The van der Waals surface area contributed by atoms with Gasteiger partial charge in [-0.15, -0.1) is 0 Å². The zero-order valence-corrected chi connectivity index (χ0v) is 25.0. The Morgan fingerprint density at radius 1 is 0.744 bits per heavy atom. The molecule has 0 atom stereocenters. The molecule has 0 aliphatic rings. The molecule has 0 aliphatic heterocycles. The number of carbonyl (C=O) groups excluding carboxylic acids is 3. The van der Waals surface area contributed by atoms with Gasteiger partial charge in [0.15, 0.2) is 0 Å². The zero-order valence-electron chi connectivity index (χ0n) is 24.3. The minimum atomic E-state index is -0.367. The Bertz CT molecular complexity index is 1790. The maximum atomic E-state index is 13.1. The van der Waals surface area contributed by atoms with Crippen LogP contribution >= 0.6 is 11.6 Å². The van der Waals surface area contributed by atoms with Crippen LogP contribution in [0.3, 0.4) is 0 Å². The molecule has 3 amide bonds. The number of nitrogens with zero attached hydrogens (tertiary/aromatic N) is 1. The van der Waals surface area contributed by atoms with Crippen molar-refractivity contribution < 1.29 is 14.4 Å². The van der Waals surface area contributed by atoms with Gasteiger partial charge < -0.3 is 20.5 Å².